The van der Waals surface area contributed by atoms with Gasteiger partial charge in [-0.2, -0.15) is 5.10 Å². The normalized spacial score (nSPS) is 25.0. The summed E-state index contributed by atoms with van der Waals surface area (Å²) in [6.45, 7) is 6.17. The third-order valence-corrected chi connectivity index (χ3v) is 5.11. The van der Waals surface area contributed by atoms with E-state index in [-0.39, 0.29) is 11.2 Å². The third-order valence-electron chi connectivity index (χ3n) is 5.11. The summed E-state index contributed by atoms with van der Waals surface area (Å²) in [5.41, 5.74) is 4.17. The molecule has 120 valence electrons. The summed E-state index contributed by atoms with van der Waals surface area (Å²) in [6, 6.07) is 9.84. The van der Waals surface area contributed by atoms with Gasteiger partial charge in [-0.25, -0.2) is 0 Å². The van der Waals surface area contributed by atoms with E-state index >= 15 is 0 Å². The number of carbonyl (C=O) groups is 1. The van der Waals surface area contributed by atoms with E-state index in [1.54, 1.807) is 0 Å². The van der Waals surface area contributed by atoms with E-state index in [0.29, 0.717) is 12.0 Å². The number of benzene rings is 1. The van der Waals surface area contributed by atoms with Gasteiger partial charge in [0.05, 0.1) is 7.85 Å². The summed E-state index contributed by atoms with van der Waals surface area (Å²) in [6.07, 6.45) is 1.29. The van der Waals surface area contributed by atoms with Gasteiger partial charge in [-0.1, -0.05) is 44.2 Å². The Morgan fingerprint density at radius 3 is 2.58 bits per heavy atom. The number of ketones is 1. The first-order valence-electron chi connectivity index (χ1n) is 8.26. The van der Waals surface area contributed by atoms with Crippen molar-refractivity contribution in [3.8, 4) is 0 Å². The second-order valence-electron chi connectivity index (χ2n) is 7.67. The minimum absolute atomic E-state index is 0.0800. The third kappa shape index (κ3) is 2.00. The maximum Gasteiger partial charge on any atom is 0.161 e. The molecule has 0 saturated heterocycles. The van der Waals surface area contributed by atoms with Crippen LogP contribution in [-0.2, 0) is 10.1 Å². The van der Waals surface area contributed by atoms with Crippen molar-refractivity contribution in [3.63, 3.8) is 0 Å². The number of allylic oxidation sites excluding steroid dienone is 2. The fourth-order valence-electron chi connectivity index (χ4n) is 4.15. The minimum atomic E-state index is -0.970. The maximum absolute atomic E-state index is 13.1. The van der Waals surface area contributed by atoms with Gasteiger partial charge >= 0.3 is 0 Å². The van der Waals surface area contributed by atoms with Crippen molar-refractivity contribution in [2.24, 2.45) is 5.41 Å². The summed E-state index contributed by atoms with van der Waals surface area (Å²) in [7, 11) is 6.99. The van der Waals surface area contributed by atoms with Crippen molar-refractivity contribution in [2.45, 2.75) is 38.9 Å². The molecule has 2 N–H and O–H groups in total. The maximum atomic E-state index is 13.1. The van der Waals surface area contributed by atoms with Crippen LogP contribution in [0.1, 0.15) is 43.5 Å². The zero-order valence-electron chi connectivity index (χ0n) is 14.2. The highest BCUT2D eigenvalue weighted by molar-refractivity contribution is 6.27. The summed E-state index contributed by atoms with van der Waals surface area (Å²) in [5, 5.41) is 9.80. The van der Waals surface area contributed by atoms with Crippen LogP contribution < -0.4 is 5.32 Å². The van der Waals surface area contributed by atoms with Crippen LogP contribution in [0.4, 0.5) is 5.82 Å². The molecule has 4 rings (SSSR count). The summed E-state index contributed by atoms with van der Waals surface area (Å²) in [4.78, 5) is 13.1. The van der Waals surface area contributed by atoms with Crippen LogP contribution in [0.5, 0.6) is 0 Å². The average molecular weight is 317 g/mol. The number of fused-ring (bicyclic) bond motifs is 1. The van der Waals surface area contributed by atoms with Crippen LogP contribution in [-0.4, -0.2) is 23.8 Å². The lowest BCUT2D eigenvalue weighted by Gasteiger charge is -2.44. The Hall–Kier alpha value is -2.30. The Bertz CT molecular complexity index is 866. The Kier molecular flexibility index (Phi) is 3.08. The van der Waals surface area contributed by atoms with Crippen LogP contribution in [0.2, 0.25) is 0 Å². The minimum Gasteiger partial charge on any atom is -0.342 e. The first-order chi connectivity index (χ1) is 11.3. The molecule has 1 unspecified atom stereocenters. The van der Waals surface area contributed by atoms with E-state index in [4.69, 9.17) is 7.85 Å². The highest BCUT2D eigenvalue weighted by Crippen LogP contribution is 2.51. The smallest absolute Gasteiger partial charge is 0.161 e. The number of anilines is 1. The van der Waals surface area contributed by atoms with E-state index in [9.17, 15) is 4.79 Å². The Morgan fingerprint density at radius 2 is 1.88 bits per heavy atom. The van der Waals surface area contributed by atoms with Crippen LogP contribution in [0, 0.1) is 12.3 Å². The van der Waals surface area contributed by atoms with Gasteiger partial charge in [0, 0.05) is 34.3 Å². The molecule has 0 saturated carbocycles. The van der Waals surface area contributed by atoms with E-state index in [2.05, 4.69) is 29.4 Å². The van der Waals surface area contributed by atoms with Crippen molar-refractivity contribution in [1.82, 2.24) is 10.2 Å². The molecule has 0 bridgehead atoms. The van der Waals surface area contributed by atoms with Gasteiger partial charge in [-0.3, -0.25) is 9.89 Å². The first kappa shape index (κ1) is 15.2. The lowest BCUT2D eigenvalue weighted by molar-refractivity contribution is -0.118. The van der Waals surface area contributed by atoms with E-state index < -0.39 is 5.31 Å². The molecule has 1 aromatic heterocycles. The van der Waals surface area contributed by atoms with Crippen LogP contribution in [0.15, 0.2) is 41.6 Å². The number of aromatic amines is 1. The molecule has 2 radical (unpaired) electrons. The number of hydrogen-bond acceptors (Lipinski definition) is 3. The number of aryl methyl sites for hydroxylation is 1. The van der Waals surface area contributed by atoms with Crippen molar-refractivity contribution < 1.29 is 4.79 Å². The van der Waals surface area contributed by atoms with Gasteiger partial charge < -0.3 is 5.32 Å². The van der Waals surface area contributed by atoms with Crippen LogP contribution in [0.3, 0.4) is 0 Å². The number of aromatic nitrogens is 2. The van der Waals surface area contributed by atoms with Gasteiger partial charge in [-0.15, -0.1) is 0 Å². The Balaban J connectivity index is 2.02. The van der Waals surface area contributed by atoms with Gasteiger partial charge in [0.25, 0.3) is 0 Å². The molecular formula is C19H20BN3O. The summed E-state index contributed by atoms with van der Waals surface area (Å²) in [5.74, 6) is 0.842. The molecule has 2 heterocycles. The van der Waals surface area contributed by atoms with Crippen molar-refractivity contribution >= 4 is 19.4 Å². The number of nitrogens with one attached hydrogen (secondary N) is 2. The molecule has 1 aliphatic carbocycles. The second-order valence-corrected chi connectivity index (χ2v) is 7.67. The highest BCUT2D eigenvalue weighted by Gasteiger charge is 2.48. The largest absolute Gasteiger partial charge is 0.342 e. The molecule has 2 aromatic rings. The van der Waals surface area contributed by atoms with E-state index in [1.807, 2.05) is 37.3 Å². The number of carbonyl (C=O) groups excluding carboxylic acids is 1. The molecule has 0 fully saturated rings. The van der Waals surface area contributed by atoms with Crippen molar-refractivity contribution in [3.05, 3.63) is 58.4 Å². The predicted molar refractivity (Wildman–Crippen MR) is 95.0 cm³/mol. The fourth-order valence-corrected chi connectivity index (χ4v) is 4.15. The SMILES string of the molecule is [B]C1(c2ccccc2)C2=C(CC(C)(C)CC2=O)Nc2n[nH]c(C)c21. The molecule has 2 aliphatic rings. The monoisotopic (exact) mass is 317 g/mol. The van der Waals surface area contributed by atoms with Gasteiger partial charge in [0.2, 0.25) is 0 Å². The summed E-state index contributed by atoms with van der Waals surface area (Å²) < 4.78 is 0. The summed E-state index contributed by atoms with van der Waals surface area (Å²) >= 11 is 0. The molecule has 24 heavy (non-hydrogen) atoms. The number of nitrogens with zero attached hydrogens (tertiary/aromatic N) is 1. The molecule has 4 nitrogen and oxygen atoms in total. The molecule has 1 aliphatic heterocycles. The number of rotatable bonds is 1. The van der Waals surface area contributed by atoms with E-state index in [0.717, 1.165) is 34.8 Å². The number of hydrogen-bond donors (Lipinski definition) is 2. The van der Waals surface area contributed by atoms with Crippen LogP contribution >= 0.6 is 0 Å². The average Bonchev–Trinajstić information content (AvgIpc) is 2.88. The number of H-pyrrole nitrogens is 1. The van der Waals surface area contributed by atoms with Gasteiger partial charge in [0.15, 0.2) is 11.6 Å². The highest BCUT2D eigenvalue weighted by atomic mass is 16.1. The second kappa shape index (κ2) is 4.85. The zero-order valence-corrected chi connectivity index (χ0v) is 14.2. The fraction of sp³-hybridized carbons (Fsp3) is 0.368. The van der Waals surface area contributed by atoms with E-state index in [1.165, 1.54) is 0 Å². The lowest BCUT2D eigenvalue weighted by Crippen LogP contribution is -2.44. The van der Waals surface area contributed by atoms with Gasteiger partial charge in [-0.05, 0) is 24.3 Å². The first-order valence-corrected chi connectivity index (χ1v) is 8.26. The van der Waals surface area contributed by atoms with Crippen molar-refractivity contribution in [1.29, 1.82) is 0 Å². The standard InChI is InChI=1S/C19H20BN3O/c1-11-15-17(23-22-11)21-13-9-18(2,3)10-14(24)16(13)19(15,20)12-7-5-4-6-8-12/h4-8H,9-10H2,1-3H3,(H2,21,22,23). The lowest BCUT2D eigenvalue weighted by atomic mass is 9.51. The molecule has 1 aromatic carbocycles. The molecule has 0 spiro atoms. The molecule has 0 amide bonds. The van der Waals surface area contributed by atoms with Gasteiger partial charge in [0.1, 0.15) is 0 Å². The molecule has 1 atom stereocenters. The van der Waals surface area contributed by atoms with Crippen molar-refractivity contribution in [2.75, 3.05) is 5.32 Å². The number of Topliss-reactive ketones (excluding diaryl/α,β-unsaturated/α-hetero) is 1. The quantitative estimate of drug-likeness (QED) is 0.794. The molecule has 5 heteroatoms. The Morgan fingerprint density at radius 1 is 1.17 bits per heavy atom. The van der Waals surface area contributed by atoms with Crippen LogP contribution in [0.25, 0.3) is 0 Å². The zero-order chi connectivity index (χ0) is 17.1. The predicted octanol–water partition coefficient (Wildman–Crippen LogP) is 3.20. The topological polar surface area (TPSA) is 57.8 Å². The molecular weight excluding hydrogens is 297 g/mol. The Labute approximate surface area is 143 Å².